The molecule has 28 heavy (non-hydrogen) atoms. The molecule has 0 aliphatic rings. The lowest BCUT2D eigenvalue weighted by molar-refractivity contribution is -0.380. The zero-order valence-electron chi connectivity index (χ0n) is 14.3. The molecule has 0 aliphatic carbocycles. The average molecular weight is 400 g/mol. The molecule has 0 radical (unpaired) electrons. The van der Waals surface area contributed by atoms with E-state index in [1.807, 2.05) is 6.07 Å². The van der Waals surface area contributed by atoms with E-state index in [0.717, 1.165) is 17.5 Å². The Morgan fingerprint density at radius 2 is 2.11 bits per heavy atom. The molecule has 10 nitrogen and oxygen atoms in total. The van der Waals surface area contributed by atoms with Gasteiger partial charge < -0.3 is 19.6 Å². The normalized spacial score (nSPS) is 11.2. The predicted octanol–water partition coefficient (Wildman–Crippen LogP) is 3.72. The number of methoxy groups -OCH3 is 1. The zero-order valence-corrected chi connectivity index (χ0v) is 15.1. The van der Waals surface area contributed by atoms with E-state index < -0.39 is 10.9 Å². The van der Waals surface area contributed by atoms with Crippen molar-refractivity contribution in [2.24, 2.45) is 0 Å². The third-order valence-electron chi connectivity index (χ3n) is 4.07. The first-order valence-electron chi connectivity index (χ1n) is 7.92. The highest BCUT2D eigenvalue weighted by Gasteiger charge is 2.21. The average Bonchev–Trinajstić information content (AvgIpc) is 3.27. The number of hydrogen-bond acceptors (Lipinski definition) is 8. The number of nitrogens with one attached hydrogen (secondary N) is 1. The number of aromatic amines is 1. The van der Waals surface area contributed by atoms with Crippen LogP contribution in [0.1, 0.15) is 16.1 Å². The Labute approximate surface area is 160 Å². The fourth-order valence-electron chi connectivity index (χ4n) is 3.00. The lowest BCUT2D eigenvalue weighted by Gasteiger charge is -2.08. The third kappa shape index (κ3) is 2.92. The molecule has 3 heterocycles. The van der Waals surface area contributed by atoms with Crippen LogP contribution >= 0.6 is 11.3 Å². The molecule has 0 unspecified atom stereocenters. The molecule has 0 fully saturated rings. The van der Waals surface area contributed by atoms with Crippen LogP contribution in [0.2, 0.25) is 0 Å². The van der Waals surface area contributed by atoms with E-state index in [0.29, 0.717) is 33.1 Å². The summed E-state index contributed by atoms with van der Waals surface area (Å²) in [6.07, 6.45) is 2.56. The van der Waals surface area contributed by atoms with E-state index in [9.17, 15) is 20.0 Å². The molecule has 142 valence electrons. The maximum absolute atomic E-state index is 11.6. The lowest BCUT2D eigenvalue weighted by atomic mass is 10.1. The Morgan fingerprint density at radius 3 is 2.79 bits per heavy atom. The van der Waals surface area contributed by atoms with E-state index in [1.54, 1.807) is 12.1 Å². The summed E-state index contributed by atoms with van der Waals surface area (Å²) in [5.41, 5.74) is 1.60. The van der Waals surface area contributed by atoms with Gasteiger partial charge in [0.1, 0.15) is 11.9 Å². The Bertz CT molecular complexity index is 1230. The van der Waals surface area contributed by atoms with Gasteiger partial charge in [-0.25, -0.2) is 14.8 Å². The number of nitro groups is 1. The number of nitrogens with zero attached hydrogens (tertiary/aromatic N) is 3. The van der Waals surface area contributed by atoms with Crippen molar-refractivity contribution in [3.8, 4) is 10.9 Å². The summed E-state index contributed by atoms with van der Waals surface area (Å²) < 4.78 is 11.0. The number of rotatable bonds is 6. The van der Waals surface area contributed by atoms with Gasteiger partial charge in [0.15, 0.2) is 5.69 Å². The van der Waals surface area contributed by atoms with Gasteiger partial charge in [0, 0.05) is 18.1 Å². The summed E-state index contributed by atoms with van der Waals surface area (Å²) in [4.78, 5) is 33.1. The number of aromatic nitrogens is 3. The SMILES string of the molecule is COCc1c(C(=O)O)ncc2[nH]c3cccc(Oc4ncc([N+](=O)[O-])s4)c3c12. The molecule has 4 aromatic rings. The topological polar surface area (TPSA) is 140 Å². The van der Waals surface area contributed by atoms with Gasteiger partial charge in [-0.3, -0.25) is 10.1 Å². The summed E-state index contributed by atoms with van der Waals surface area (Å²) in [5.74, 6) is -0.787. The molecule has 11 heteroatoms. The van der Waals surface area contributed by atoms with Crippen LogP contribution in [0.5, 0.6) is 10.9 Å². The fraction of sp³-hybridized carbons (Fsp3) is 0.118. The van der Waals surface area contributed by atoms with Gasteiger partial charge in [-0.1, -0.05) is 6.07 Å². The van der Waals surface area contributed by atoms with Crippen molar-refractivity contribution in [2.75, 3.05) is 7.11 Å². The molecule has 0 saturated carbocycles. The van der Waals surface area contributed by atoms with Crippen LogP contribution < -0.4 is 4.74 Å². The molecule has 0 spiro atoms. The number of carboxylic acid groups (broad SMARTS) is 1. The Hall–Kier alpha value is -3.57. The Morgan fingerprint density at radius 1 is 1.29 bits per heavy atom. The predicted molar refractivity (Wildman–Crippen MR) is 100 cm³/mol. The van der Waals surface area contributed by atoms with E-state index in [2.05, 4.69) is 15.0 Å². The minimum Gasteiger partial charge on any atom is -0.477 e. The number of carbonyl (C=O) groups is 1. The molecule has 2 N–H and O–H groups in total. The second-order valence-electron chi connectivity index (χ2n) is 5.74. The molecule has 1 aromatic carbocycles. The van der Waals surface area contributed by atoms with Crippen LogP contribution in [0.15, 0.2) is 30.6 Å². The fourth-order valence-corrected chi connectivity index (χ4v) is 3.60. The van der Waals surface area contributed by atoms with Crippen LogP contribution in [0.4, 0.5) is 5.00 Å². The second-order valence-corrected chi connectivity index (χ2v) is 6.71. The van der Waals surface area contributed by atoms with E-state index in [-0.39, 0.29) is 22.5 Å². The highest BCUT2D eigenvalue weighted by Crippen LogP contribution is 2.39. The van der Waals surface area contributed by atoms with Gasteiger partial charge in [-0.15, -0.1) is 0 Å². The van der Waals surface area contributed by atoms with Gasteiger partial charge in [0.05, 0.1) is 34.1 Å². The molecule has 3 aromatic heterocycles. The number of ether oxygens (including phenoxy) is 2. The van der Waals surface area contributed by atoms with Crippen molar-refractivity contribution in [3.63, 3.8) is 0 Å². The van der Waals surface area contributed by atoms with Crippen LogP contribution in [0, 0.1) is 10.1 Å². The first kappa shape index (κ1) is 17.8. The van der Waals surface area contributed by atoms with E-state index >= 15 is 0 Å². The number of hydrogen-bond donors (Lipinski definition) is 2. The molecule has 0 atom stereocenters. The highest BCUT2D eigenvalue weighted by atomic mass is 32.1. The van der Waals surface area contributed by atoms with Crippen LogP contribution in [-0.4, -0.2) is 38.1 Å². The number of benzene rings is 1. The maximum Gasteiger partial charge on any atom is 0.354 e. The number of carboxylic acids is 1. The van der Waals surface area contributed by atoms with Crippen molar-refractivity contribution in [2.45, 2.75) is 6.61 Å². The summed E-state index contributed by atoms with van der Waals surface area (Å²) >= 11 is 0.801. The zero-order chi connectivity index (χ0) is 19.8. The third-order valence-corrected chi connectivity index (χ3v) is 4.89. The van der Waals surface area contributed by atoms with Gasteiger partial charge >= 0.3 is 11.0 Å². The smallest absolute Gasteiger partial charge is 0.354 e. The number of H-pyrrole nitrogens is 1. The quantitative estimate of drug-likeness (QED) is 0.368. The van der Waals surface area contributed by atoms with Crippen LogP contribution in [-0.2, 0) is 11.3 Å². The monoisotopic (exact) mass is 400 g/mol. The van der Waals surface area contributed by atoms with Gasteiger partial charge in [0.2, 0.25) is 0 Å². The molecular formula is C17H12N4O6S. The molecule has 0 aliphatic heterocycles. The van der Waals surface area contributed by atoms with Crippen LogP contribution in [0.25, 0.3) is 21.8 Å². The van der Waals surface area contributed by atoms with Crippen LogP contribution in [0.3, 0.4) is 0 Å². The number of thiazole rings is 1. The molecule has 0 saturated heterocycles. The molecule has 0 bridgehead atoms. The minimum atomic E-state index is -1.17. The van der Waals surface area contributed by atoms with Crippen molar-refractivity contribution in [1.82, 2.24) is 15.0 Å². The largest absolute Gasteiger partial charge is 0.477 e. The number of fused-ring (bicyclic) bond motifs is 3. The maximum atomic E-state index is 11.6. The first-order chi connectivity index (χ1) is 13.5. The van der Waals surface area contributed by atoms with Gasteiger partial charge in [-0.2, -0.15) is 0 Å². The van der Waals surface area contributed by atoms with Crippen molar-refractivity contribution in [3.05, 3.63) is 52.0 Å². The van der Waals surface area contributed by atoms with E-state index in [4.69, 9.17) is 9.47 Å². The van der Waals surface area contributed by atoms with Gasteiger partial charge in [0.25, 0.3) is 5.19 Å². The summed E-state index contributed by atoms with van der Waals surface area (Å²) in [7, 11) is 1.46. The summed E-state index contributed by atoms with van der Waals surface area (Å²) in [5, 5.41) is 21.5. The standard InChI is InChI=1S/C17H12N4O6S/c1-26-7-8-13-10(5-18-15(8)16(22)23)20-9-3-2-4-11(14(9)13)27-17-19-6-12(28-17)21(24)25/h2-6,20H,7H2,1H3,(H,22,23). The molecule has 4 rings (SSSR count). The van der Waals surface area contributed by atoms with E-state index in [1.165, 1.54) is 13.3 Å². The summed E-state index contributed by atoms with van der Waals surface area (Å²) in [6.45, 7) is 0.0377. The highest BCUT2D eigenvalue weighted by molar-refractivity contribution is 7.16. The number of aromatic carboxylic acids is 1. The number of pyridine rings is 1. The van der Waals surface area contributed by atoms with Gasteiger partial charge in [-0.05, 0) is 23.5 Å². The van der Waals surface area contributed by atoms with Crippen molar-refractivity contribution in [1.29, 1.82) is 0 Å². The summed E-state index contributed by atoms with van der Waals surface area (Å²) in [6, 6.07) is 5.24. The van der Waals surface area contributed by atoms with Crippen molar-refractivity contribution >= 4 is 44.1 Å². The molecular weight excluding hydrogens is 388 g/mol. The lowest BCUT2D eigenvalue weighted by Crippen LogP contribution is -2.07. The first-order valence-corrected chi connectivity index (χ1v) is 8.73. The Kier molecular flexibility index (Phi) is 4.37. The minimum absolute atomic E-state index is 0.0377. The second kappa shape index (κ2) is 6.87. The Balaban J connectivity index is 1.95. The molecule has 0 amide bonds. The van der Waals surface area contributed by atoms with Crippen molar-refractivity contribution < 1.29 is 24.3 Å².